The number of carbonyl (C=O) groups is 1. The Morgan fingerprint density at radius 1 is 1.00 bits per heavy atom. The molecule has 5 rings (SSSR count). The van der Waals surface area contributed by atoms with Crippen LogP contribution in [0.25, 0.3) is 5.76 Å². The zero-order chi connectivity index (χ0) is 25.7. The summed E-state index contributed by atoms with van der Waals surface area (Å²) in [5.74, 6) is -2.25. The van der Waals surface area contributed by atoms with Crippen LogP contribution < -0.4 is 0 Å². The molecule has 3 aliphatic heterocycles. The highest BCUT2D eigenvalue weighted by Gasteiger charge is 2.47. The van der Waals surface area contributed by atoms with Crippen molar-refractivity contribution in [3.63, 3.8) is 0 Å². The molecule has 3 heterocycles. The summed E-state index contributed by atoms with van der Waals surface area (Å²) in [6.45, 7) is -0.685. The third-order valence-corrected chi connectivity index (χ3v) is 6.06. The third kappa shape index (κ3) is 4.00. The van der Waals surface area contributed by atoms with Crippen LogP contribution >= 0.6 is 0 Å². The smallest absolute Gasteiger partial charge is 0.371 e. The summed E-state index contributed by atoms with van der Waals surface area (Å²) in [6.07, 6.45) is -5.13. The summed E-state index contributed by atoms with van der Waals surface area (Å²) >= 11 is 0. The van der Waals surface area contributed by atoms with Crippen molar-refractivity contribution in [2.45, 2.75) is 36.8 Å². The zero-order valence-corrected chi connectivity index (χ0v) is 18.4. The second-order valence-electron chi connectivity index (χ2n) is 8.40. The summed E-state index contributed by atoms with van der Waals surface area (Å²) in [5.41, 5.74) is 0.865. The molecule has 0 spiro atoms. The lowest BCUT2D eigenvalue weighted by atomic mass is 9.89. The minimum absolute atomic E-state index is 0.00504. The fraction of sp³-hybridized carbons (Fsp3) is 0.292. The number of hydrogen-bond acceptors (Lipinski definition) is 11. The molecule has 1 aromatic carbocycles. The van der Waals surface area contributed by atoms with Gasteiger partial charge in [-0.05, 0) is 24.3 Å². The Bertz CT molecular complexity index is 1240. The molecule has 1 aliphatic carbocycles. The van der Waals surface area contributed by atoms with Crippen LogP contribution in [0, 0.1) is 0 Å². The lowest BCUT2D eigenvalue weighted by molar-refractivity contribution is -0.290. The molecule has 0 aromatic heterocycles. The van der Waals surface area contributed by atoms with Gasteiger partial charge in [0, 0.05) is 29.4 Å². The topological polar surface area (TPSA) is 196 Å². The molecule has 1 fully saturated rings. The van der Waals surface area contributed by atoms with E-state index in [1.54, 1.807) is 0 Å². The normalized spacial score (nSPS) is 31.4. The second kappa shape index (κ2) is 9.00. The fourth-order valence-corrected chi connectivity index (χ4v) is 4.26. The number of phenols is 1. The first-order chi connectivity index (χ1) is 17.2. The summed E-state index contributed by atoms with van der Waals surface area (Å²) < 4.78 is 23.0. The number of rotatable bonds is 5. The van der Waals surface area contributed by atoms with Gasteiger partial charge < -0.3 is 54.7 Å². The van der Waals surface area contributed by atoms with Crippen molar-refractivity contribution in [2.24, 2.45) is 0 Å². The van der Waals surface area contributed by atoms with Crippen LogP contribution in [0.1, 0.15) is 5.56 Å². The molecule has 6 unspecified atom stereocenters. The van der Waals surface area contributed by atoms with E-state index >= 15 is 0 Å². The van der Waals surface area contributed by atoms with E-state index in [0.717, 1.165) is 0 Å². The molecular weight excluding hydrogens is 480 g/mol. The predicted molar refractivity (Wildman–Crippen MR) is 117 cm³/mol. The molecule has 0 saturated carbocycles. The summed E-state index contributed by atoms with van der Waals surface area (Å²) in [7, 11) is 0. The number of benzene rings is 1. The Morgan fingerprint density at radius 3 is 2.39 bits per heavy atom. The van der Waals surface area contributed by atoms with Gasteiger partial charge in [-0.3, -0.25) is 0 Å². The van der Waals surface area contributed by atoms with Crippen LogP contribution in [0.5, 0.6) is 5.75 Å². The van der Waals surface area contributed by atoms with E-state index < -0.39 is 55.1 Å². The maximum absolute atomic E-state index is 11.8. The van der Waals surface area contributed by atoms with Crippen LogP contribution in [-0.2, 0) is 23.7 Å². The second-order valence-corrected chi connectivity index (χ2v) is 8.40. The monoisotopic (exact) mass is 502 g/mol. The van der Waals surface area contributed by atoms with Crippen LogP contribution in [0.4, 0.5) is 0 Å². The average molecular weight is 502 g/mol. The largest absolute Gasteiger partial charge is 0.508 e. The number of aliphatic hydroxyl groups excluding tert-OH is 5. The molecule has 190 valence electrons. The number of hydrogen-bond donors (Lipinski definition) is 7. The highest BCUT2D eigenvalue weighted by atomic mass is 16.7. The standard InChI is InChI=1S/C24H22O12/c25-8-16-18(28)19(29)20(30)24(35-16)36-22-12-7-15(23(31)32)33-13-5-11(27)6-14(17(12)13)34-21(22)9-1-3-10(26)4-2-9/h1-7,14,16,18-20,24-30H,8H2,(H,31,32). The molecule has 0 amide bonds. The molecule has 0 radical (unpaired) electrons. The van der Waals surface area contributed by atoms with Crippen LogP contribution in [-0.4, -0.2) is 85.1 Å². The molecule has 6 atom stereocenters. The number of allylic oxidation sites excluding steroid dienone is 2. The van der Waals surface area contributed by atoms with Gasteiger partial charge in [0.25, 0.3) is 0 Å². The highest BCUT2D eigenvalue weighted by Crippen LogP contribution is 2.46. The number of carboxylic acids is 1. The first-order valence-electron chi connectivity index (χ1n) is 10.9. The number of carboxylic acid groups (broad SMARTS) is 1. The molecule has 1 saturated heterocycles. The maximum atomic E-state index is 11.8. The van der Waals surface area contributed by atoms with Crippen molar-refractivity contribution in [2.75, 3.05) is 6.61 Å². The van der Waals surface area contributed by atoms with E-state index in [0.29, 0.717) is 11.1 Å². The van der Waals surface area contributed by atoms with Crippen LogP contribution in [0.3, 0.4) is 0 Å². The lowest BCUT2D eigenvalue weighted by Gasteiger charge is -2.41. The minimum Gasteiger partial charge on any atom is -0.508 e. The van der Waals surface area contributed by atoms with Gasteiger partial charge in [-0.25, -0.2) is 4.79 Å². The maximum Gasteiger partial charge on any atom is 0.371 e. The Kier molecular flexibility index (Phi) is 5.98. The van der Waals surface area contributed by atoms with E-state index in [2.05, 4.69) is 0 Å². The van der Waals surface area contributed by atoms with Crippen molar-refractivity contribution in [3.8, 4) is 5.75 Å². The van der Waals surface area contributed by atoms with Gasteiger partial charge in [-0.2, -0.15) is 0 Å². The van der Waals surface area contributed by atoms with E-state index in [4.69, 9.17) is 18.9 Å². The van der Waals surface area contributed by atoms with E-state index in [1.807, 2.05) is 0 Å². The fourth-order valence-electron chi connectivity index (χ4n) is 4.26. The first kappa shape index (κ1) is 23.9. The average Bonchev–Trinajstić information content (AvgIpc) is 2.85. The molecular formula is C24H22O12. The molecule has 7 N–H and O–H groups in total. The Hall–Kier alpha value is -3.81. The van der Waals surface area contributed by atoms with Gasteiger partial charge in [-0.15, -0.1) is 0 Å². The van der Waals surface area contributed by atoms with Crippen LogP contribution in [0.2, 0.25) is 0 Å². The third-order valence-electron chi connectivity index (χ3n) is 6.06. The quantitative estimate of drug-likeness (QED) is 0.283. The van der Waals surface area contributed by atoms with Crippen molar-refractivity contribution in [1.29, 1.82) is 0 Å². The molecule has 1 aromatic rings. The van der Waals surface area contributed by atoms with Crippen molar-refractivity contribution >= 4 is 11.7 Å². The number of aliphatic hydroxyl groups is 5. The van der Waals surface area contributed by atoms with Gasteiger partial charge in [-0.1, -0.05) is 0 Å². The molecule has 12 nitrogen and oxygen atoms in total. The zero-order valence-electron chi connectivity index (χ0n) is 18.4. The molecule has 36 heavy (non-hydrogen) atoms. The molecule has 12 heteroatoms. The van der Waals surface area contributed by atoms with Gasteiger partial charge >= 0.3 is 5.97 Å². The van der Waals surface area contributed by atoms with E-state index in [9.17, 15) is 40.5 Å². The minimum atomic E-state index is -1.76. The number of aliphatic carboxylic acids is 1. The van der Waals surface area contributed by atoms with Gasteiger partial charge in [0.05, 0.1) is 12.2 Å². The number of phenolic OH excluding ortho intramolecular Hbond substituents is 1. The Morgan fingerprint density at radius 2 is 1.72 bits per heavy atom. The summed E-state index contributed by atoms with van der Waals surface area (Å²) in [5, 5.41) is 69.9. The Balaban J connectivity index is 1.67. The van der Waals surface area contributed by atoms with Crippen molar-refractivity contribution in [3.05, 3.63) is 82.2 Å². The van der Waals surface area contributed by atoms with Gasteiger partial charge in [0.2, 0.25) is 12.0 Å². The van der Waals surface area contributed by atoms with E-state index in [-0.39, 0.29) is 34.4 Å². The van der Waals surface area contributed by atoms with Gasteiger partial charge in [0.15, 0.2) is 17.6 Å². The Labute approximate surface area is 203 Å². The lowest BCUT2D eigenvalue weighted by Crippen LogP contribution is -2.59. The molecule has 0 bridgehead atoms. The predicted octanol–water partition coefficient (Wildman–Crippen LogP) is -0.0892. The summed E-state index contributed by atoms with van der Waals surface area (Å²) in [4.78, 5) is 11.8. The van der Waals surface area contributed by atoms with Crippen molar-refractivity contribution in [1.82, 2.24) is 0 Å². The molecule has 4 aliphatic rings. The van der Waals surface area contributed by atoms with Crippen LogP contribution in [0.15, 0.2) is 76.7 Å². The number of ether oxygens (including phenoxy) is 4. The van der Waals surface area contributed by atoms with E-state index in [1.165, 1.54) is 42.5 Å². The highest BCUT2D eigenvalue weighted by molar-refractivity contribution is 5.87. The number of aromatic hydroxyl groups is 1. The van der Waals surface area contributed by atoms with Gasteiger partial charge in [0.1, 0.15) is 41.7 Å². The SMILES string of the molecule is O=C(O)C1=CC2=C3C(=CC(O)=CC3OC(c3ccc(O)cc3)=C2OC2OC(CO)C(O)C(O)C2O)O1. The van der Waals surface area contributed by atoms with Crippen molar-refractivity contribution < 1.29 is 59.5 Å². The summed E-state index contributed by atoms with van der Waals surface area (Å²) in [6, 6.07) is 5.75. The first-order valence-corrected chi connectivity index (χ1v) is 10.9.